The standard InChI is InChI=1S/C15H22N2O3S/c1-3-17(4-2)15(18)10-12-16-21(19,20)13-11-14-8-6-5-7-9-14/h5-9,11,13,16H,3-4,10,12H2,1-2H3/b13-11+. The number of rotatable bonds is 8. The highest BCUT2D eigenvalue weighted by molar-refractivity contribution is 7.92. The summed E-state index contributed by atoms with van der Waals surface area (Å²) in [6.45, 7) is 5.17. The molecular formula is C15H22N2O3S. The fourth-order valence-electron chi connectivity index (χ4n) is 1.82. The van der Waals surface area contributed by atoms with Crippen molar-refractivity contribution in [1.29, 1.82) is 0 Å². The molecule has 5 nitrogen and oxygen atoms in total. The van der Waals surface area contributed by atoms with Gasteiger partial charge >= 0.3 is 0 Å². The zero-order valence-corrected chi connectivity index (χ0v) is 13.3. The topological polar surface area (TPSA) is 66.5 Å². The average Bonchev–Trinajstić information content (AvgIpc) is 2.47. The van der Waals surface area contributed by atoms with E-state index in [1.54, 1.807) is 4.90 Å². The highest BCUT2D eigenvalue weighted by Crippen LogP contribution is 2.02. The third-order valence-corrected chi connectivity index (χ3v) is 4.10. The number of nitrogens with one attached hydrogen (secondary N) is 1. The van der Waals surface area contributed by atoms with E-state index >= 15 is 0 Å². The molecule has 0 bridgehead atoms. The first-order valence-corrected chi connectivity index (χ1v) is 8.53. The van der Waals surface area contributed by atoms with Crippen molar-refractivity contribution in [3.8, 4) is 0 Å². The fourth-order valence-corrected chi connectivity index (χ4v) is 2.63. The van der Waals surface area contributed by atoms with Gasteiger partial charge in [-0.15, -0.1) is 0 Å². The second-order valence-electron chi connectivity index (χ2n) is 4.47. The number of hydrogen-bond acceptors (Lipinski definition) is 3. The summed E-state index contributed by atoms with van der Waals surface area (Å²) in [5, 5.41) is 1.12. The number of amides is 1. The maximum atomic E-state index is 11.8. The predicted molar refractivity (Wildman–Crippen MR) is 84.9 cm³/mol. The lowest BCUT2D eigenvalue weighted by atomic mass is 10.2. The normalized spacial score (nSPS) is 11.7. The summed E-state index contributed by atoms with van der Waals surface area (Å²) in [6.07, 6.45) is 1.69. The van der Waals surface area contributed by atoms with E-state index in [9.17, 15) is 13.2 Å². The molecule has 1 aromatic rings. The SMILES string of the molecule is CCN(CC)C(=O)CCNS(=O)(=O)/C=C/c1ccccc1. The summed E-state index contributed by atoms with van der Waals surface area (Å²) < 4.78 is 25.9. The molecule has 21 heavy (non-hydrogen) atoms. The summed E-state index contributed by atoms with van der Waals surface area (Å²) in [6, 6.07) is 9.17. The Hall–Kier alpha value is -1.66. The molecule has 0 saturated heterocycles. The van der Waals surface area contributed by atoms with Gasteiger partial charge in [-0.1, -0.05) is 30.3 Å². The molecule has 1 N–H and O–H groups in total. The molecule has 0 aliphatic rings. The van der Waals surface area contributed by atoms with Crippen LogP contribution in [0, 0.1) is 0 Å². The van der Waals surface area contributed by atoms with Gasteiger partial charge in [0.05, 0.1) is 0 Å². The molecule has 0 aromatic heterocycles. The van der Waals surface area contributed by atoms with Gasteiger partial charge in [-0.05, 0) is 25.5 Å². The van der Waals surface area contributed by atoms with Crippen LogP contribution in [-0.4, -0.2) is 38.9 Å². The third-order valence-electron chi connectivity index (χ3n) is 3.00. The minimum atomic E-state index is -3.52. The molecule has 0 aliphatic carbocycles. The van der Waals surface area contributed by atoms with Gasteiger partial charge in [0.2, 0.25) is 15.9 Å². The van der Waals surface area contributed by atoms with Crippen molar-refractivity contribution in [2.24, 2.45) is 0 Å². The Labute approximate surface area is 126 Å². The van der Waals surface area contributed by atoms with E-state index in [2.05, 4.69) is 4.72 Å². The lowest BCUT2D eigenvalue weighted by Crippen LogP contribution is -2.33. The summed E-state index contributed by atoms with van der Waals surface area (Å²) in [4.78, 5) is 13.4. The largest absolute Gasteiger partial charge is 0.343 e. The van der Waals surface area contributed by atoms with Crippen LogP contribution in [0.5, 0.6) is 0 Å². The van der Waals surface area contributed by atoms with Gasteiger partial charge in [0, 0.05) is 31.5 Å². The van der Waals surface area contributed by atoms with E-state index in [0.29, 0.717) is 13.1 Å². The first kappa shape index (κ1) is 17.4. The first-order chi connectivity index (χ1) is 9.98. The number of carbonyl (C=O) groups excluding carboxylic acids is 1. The molecule has 0 unspecified atom stereocenters. The molecule has 1 aromatic carbocycles. The van der Waals surface area contributed by atoms with Crippen LogP contribution in [-0.2, 0) is 14.8 Å². The first-order valence-electron chi connectivity index (χ1n) is 6.99. The highest BCUT2D eigenvalue weighted by atomic mass is 32.2. The maximum absolute atomic E-state index is 11.8. The predicted octanol–water partition coefficient (Wildman–Crippen LogP) is 1.84. The summed E-state index contributed by atoms with van der Waals surface area (Å²) >= 11 is 0. The van der Waals surface area contributed by atoms with Gasteiger partial charge in [-0.25, -0.2) is 13.1 Å². The molecule has 0 aliphatic heterocycles. The average molecular weight is 310 g/mol. The van der Waals surface area contributed by atoms with E-state index in [1.165, 1.54) is 6.08 Å². The van der Waals surface area contributed by atoms with Gasteiger partial charge < -0.3 is 4.90 Å². The van der Waals surface area contributed by atoms with Crippen molar-refractivity contribution in [1.82, 2.24) is 9.62 Å². The van der Waals surface area contributed by atoms with Crippen molar-refractivity contribution < 1.29 is 13.2 Å². The Morgan fingerprint density at radius 2 is 1.81 bits per heavy atom. The molecule has 116 valence electrons. The van der Waals surface area contributed by atoms with Crippen molar-refractivity contribution in [3.63, 3.8) is 0 Å². The second kappa shape index (κ2) is 8.59. The minimum absolute atomic E-state index is 0.0465. The van der Waals surface area contributed by atoms with Crippen molar-refractivity contribution >= 4 is 22.0 Å². The highest BCUT2D eigenvalue weighted by Gasteiger charge is 2.11. The number of nitrogens with zero attached hydrogens (tertiary/aromatic N) is 1. The van der Waals surface area contributed by atoms with Gasteiger partial charge in [0.15, 0.2) is 0 Å². The fraction of sp³-hybridized carbons (Fsp3) is 0.400. The zero-order valence-electron chi connectivity index (χ0n) is 12.5. The molecule has 0 atom stereocenters. The van der Waals surface area contributed by atoms with Crippen LogP contribution in [0.3, 0.4) is 0 Å². The Kier molecular flexibility index (Phi) is 7.11. The summed E-state index contributed by atoms with van der Waals surface area (Å²) in [7, 11) is -3.52. The number of benzene rings is 1. The molecule has 1 amide bonds. The van der Waals surface area contributed by atoms with Gasteiger partial charge in [-0.3, -0.25) is 4.79 Å². The molecule has 6 heteroatoms. The molecule has 1 rings (SSSR count). The molecular weight excluding hydrogens is 288 g/mol. The lowest BCUT2D eigenvalue weighted by Gasteiger charge is -2.18. The maximum Gasteiger partial charge on any atom is 0.233 e. The van der Waals surface area contributed by atoms with Crippen LogP contribution >= 0.6 is 0 Å². The zero-order chi connectivity index (χ0) is 15.7. The Morgan fingerprint density at radius 1 is 1.19 bits per heavy atom. The van der Waals surface area contributed by atoms with Crippen molar-refractivity contribution in [3.05, 3.63) is 41.3 Å². The van der Waals surface area contributed by atoms with Crippen LogP contribution < -0.4 is 4.72 Å². The van der Waals surface area contributed by atoms with Crippen molar-refractivity contribution in [2.75, 3.05) is 19.6 Å². The van der Waals surface area contributed by atoms with Gasteiger partial charge in [-0.2, -0.15) is 0 Å². The quantitative estimate of drug-likeness (QED) is 0.796. The molecule has 0 heterocycles. The van der Waals surface area contributed by atoms with Crippen LogP contribution in [0.15, 0.2) is 35.7 Å². The van der Waals surface area contributed by atoms with E-state index < -0.39 is 10.0 Å². The smallest absolute Gasteiger partial charge is 0.233 e. The van der Waals surface area contributed by atoms with Gasteiger partial charge in [0.25, 0.3) is 0 Å². The van der Waals surface area contributed by atoms with Crippen LogP contribution in [0.25, 0.3) is 6.08 Å². The number of hydrogen-bond donors (Lipinski definition) is 1. The Bertz CT molecular complexity index is 564. The van der Waals surface area contributed by atoms with Crippen LogP contribution in [0.1, 0.15) is 25.8 Å². The van der Waals surface area contributed by atoms with Crippen LogP contribution in [0.2, 0.25) is 0 Å². The van der Waals surface area contributed by atoms with E-state index in [0.717, 1.165) is 11.0 Å². The number of sulfonamides is 1. The van der Waals surface area contributed by atoms with Crippen molar-refractivity contribution in [2.45, 2.75) is 20.3 Å². The number of carbonyl (C=O) groups is 1. The molecule has 0 fully saturated rings. The van der Waals surface area contributed by atoms with E-state index in [4.69, 9.17) is 0 Å². The summed E-state index contributed by atoms with van der Waals surface area (Å²) in [5.41, 5.74) is 0.807. The van der Waals surface area contributed by atoms with E-state index in [1.807, 2.05) is 44.2 Å². The summed E-state index contributed by atoms with van der Waals surface area (Å²) in [5.74, 6) is -0.0465. The molecule has 0 saturated carbocycles. The molecule has 0 radical (unpaired) electrons. The Morgan fingerprint density at radius 3 is 2.38 bits per heavy atom. The van der Waals surface area contributed by atoms with Crippen LogP contribution in [0.4, 0.5) is 0 Å². The van der Waals surface area contributed by atoms with E-state index in [-0.39, 0.29) is 18.9 Å². The Balaban J connectivity index is 2.47. The van der Waals surface area contributed by atoms with Gasteiger partial charge in [0.1, 0.15) is 0 Å². The monoisotopic (exact) mass is 310 g/mol. The lowest BCUT2D eigenvalue weighted by molar-refractivity contribution is -0.130. The minimum Gasteiger partial charge on any atom is -0.343 e. The molecule has 0 spiro atoms. The second-order valence-corrected chi connectivity index (χ2v) is 6.12. The third kappa shape index (κ3) is 6.55.